The summed E-state index contributed by atoms with van der Waals surface area (Å²) in [5.74, 6) is -0.458. The van der Waals surface area contributed by atoms with Gasteiger partial charge in [-0.3, -0.25) is 14.4 Å². The van der Waals surface area contributed by atoms with Crippen molar-refractivity contribution in [2.45, 2.75) is 18.2 Å². The lowest BCUT2D eigenvalue weighted by Gasteiger charge is -2.28. The maximum atomic E-state index is 12.4. The molecule has 0 radical (unpaired) electrons. The number of ether oxygens (including phenoxy) is 1. The fourth-order valence-corrected chi connectivity index (χ4v) is 3.94. The number of nitrogens with zero attached hydrogens (tertiary/aromatic N) is 2. The van der Waals surface area contributed by atoms with E-state index < -0.39 is 5.97 Å². The largest absolute Gasteiger partial charge is 0.455 e. The van der Waals surface area contributed by atoms with E-state index in [9.17, 15) is 14.4 Å². The van der Waals surface area contributed by atoms with Gasteiger partial charge in [0.15, 0.2) is 6.61 Å². The lowest BCUT2D eigenvalue weighted by atomic mass is 10.2. The van der Waals surface area contributed by atoms with E-state index >= 15 is 0 Å². The Labute approximate surface area is 168 Å². The fraction of sp³-hybridized carbons (Fsp3) is 0.286. The minimum Gasteiger partial charge on any atom is -0.455 e. The number of rotatable bonds is 7. The Bertz CT molecular complexity index is 856. The van der Waals surface area contributed by atoms with Gasteiger partial charge in [-0.2, -0.15) is 0 Å². The Morgan fingerprint density at radius 1 is 1.11 bits per heavy atom. The summed E-state index contributed by atoms with van der Waals surface area (Å²) in [6, 6.07) is 16.9. The number of carbonyl (C=O) groups excluding carboxylic acids is 3. The fourth-order valence-electron chi connectivity index (χ4n) is 3.01. The van der Waals surface area contributed by atoms with Gasteiger partial charge < -0.3 is 14.5 Å². The van der Waals surface area contributed by atoms with Crippen molar-refractivity contribution < 1.29 is 19.1 Å². The quantitative estimate of drug-likeness (QED) is 0.671. The molecule has 0 spiro atoms. The van der Waals surface area contributed by atoms with E-state index in [-0.39, 0.29) is 31.4 Å². The van der Waals surface area contributed by atoms with E-state index in [1.807, 2.05) is 61.5 Å². The molecule has 1 aliphatic heterocycles. The van der Waals surface area contributed by atoms with Gasteiger partial charge in [-0.15, -0.1) is 11.8 Å². The van der Waals surface area contributed by atoms with Crippen molar-refractivity contribution in [3.8, 4) is 0 Å². The standard InChI is InChI=1S/C21H22N2O4S/c1-2-22(16-8-4-3-5-9-16)19(24)14-27-21(26)12-13-23-17-10-6-7-11-18(17)28-15-20(23)25/h3-11H,2,12-15H2,1H3. The van der Waals surface area contributed by atoms with Crippen LogP contribution < -0.4 is 9.80 Å². The first-order valence-corrected chi connectivity index (χ1v) is 10.1. The summed E-state index contributed by atoms with van der Waals surface area (Å²) < 4.78 is 5.15. The van der Waals surface area contributed by atoms with Crippen LogP contribution in [-0.4, -0.2) is 43.2 Å². The molecule has 0 saturated carbocycles. The lowest BCUT2D eigenvalue weighted by molar-refractivity contribution is -0.147. The molecule has 146 valence electrons. The monoisotopic (exact) mass is 398 g/mol. The molecule has 0 saturated heterocycles. The van der Waals surface area contributed by atoms with E-state index in [0.29, 0.717) is 12.3 Å². The van der Waals surface area contributed by atoms with Crippen molar-refractivity contribution in [2.75, 3.05) is 35.2 Å². The van der Waals surface area contributed by atoms with Crippen LogP contribution in [0, 0.1) is 0 Å². The maximum Gasteiger partial charge on any atom is 0.308 e. The number of likely N-dealkylation sites (N-methyl/N-ethyl adjacent to an activating group) is 1. The van der Waals surface area contributed by atoms with Crippen LogP contribution >= 0.6 is 11.8 Å². The van der Waals surface area contributed by atoms with E-state index in [1.165, 1.54) is 11.8 Å². The van der Waals surface area contributed by atoms with Gasteiger partial charge in [-0.1, -0.05) is 30.3 Å². The van der Waals surface area contributed by atoms with E-state index in [2.05, 4.69) is 0 Å². The molecule has 0 N–H and O–H groups in total. The SMILES string of the molecule is CCN(C(=O)COC(=O)CCN1C(=O)CSc2ccccc21)c1ccccc1. The van der Waals surface area contributed by atoms with Crippen molar-refractivity contribution in [1.82, 2.24) is 0 Å². The van der Waals surface area contributed by atoms with Gasteiger partial charge in [0.25, 0.3) is 5.91 Å². The number of esters is 1. The molecule has 0 atom stereocenters. The van der Waals surface area contributed by atoms with Crippen LogP contribution in [0.1, 0.15) is 13.3 Å². The molecule has 7 heteroatoms. The molecule has 0 bridgehead atoms. The molecule has 0 fully saturated rings. The van der Waals surface area contributed by atoms with Crippen LogP contribution in [0.2, 0.25) is 0 Å². The number of hydrogen-bond acceptors (Lipinski definition) is 5. The molecule has 2 aromatic rings. The van der Waals surface area contributed by atoms with E-state index in [0.717, 1.165) is 16.3 Å². The predicted octanol–water partition coefficient (Wildman–Crippen LogP) is 3.11. The molecule has 1 heterocycles. The number of hydrogen-bond donors (Lipinski definition) is 0. The first-order chi connectivity index (χ1) is 13.6. The first-order valence-electron chi connectivity index (χ1n) is 9.13. The number of carbonyl (C=O) groups is 3. The van der Waals surface area contributed by atoms with Gasteiger partial charge in [-0.25, -0.2) is 0 Å². The molecule has 0 aromatic heterocycles. The highest BCUT2D eigenvalue weighted by Crippen LogP contribution is 2.34. The minimum atomic E-state index is -0.499. The van der Waals surface area contributed by atoms with Crippen LogP contribution in [0.15, 0.2) is 59.5 Å². The maximum absolute atomic E-state index is 12.4. The smallest absolute Gasteiger partial charge is 0.308 e. The molecule has 3 rings (SSSR count). The highest BCUT2D eigenvalue weighted by atomic mass is 32.2. The summed E-state index contributed by atoms with van der Waals surface area (Å²) in [4.78, 5) is 40.9. The van der Waals surface area contributed by atoms with Gasteiger partial charge in [0.1, 0.15) is 0 Å². The number of amides is 2. The van der Waals surface area contributed by atoms with Crippen molar-refractivity contribution in [1.29, 1.82) is 0 Å². The Morgan fingerprint density at radius 3 is 2.57 bits per heavy atom. The zero-order valence-electron chi connectivity index (χ0n) is 15.7. The summed E-state index contributed by atoms with van der Waals surface area (Å²) in [5.41, 5.74) is 1.58. The Kier molecular flexibility index (Phi) is 6.71. The van der Waals surface area contributed by atoms with E-state index in [4.69, 9.17) is 4.74 Å². The molecule has 0 unspecified atom stereocenters. The number of fused-ring (bicyclic) bond motifs is 1. The summed E-state index contributed by atoms with van der Waals surface area (Å²) in [6.07, 6.45) is 0.0372. The second-order valence-corrected chi connectivity index (χ2v) is 7.20. The van der Waals surface area contributed by atoms with Crippen molar-refractivity contribution in [2.24, 2.45) is 0 Å². The van der Waals surface area contributed by atoms with Crippen molar-refractivity contribution >= 4 is 40.9 Å². The zero-order valence-corrected chi connectivity index (χ0v) is 16.5. The topological polar surface area (TPSA) is 66.9 Å². The molecule has 2 aromatic carbocycles. The molecular weight excluding hydrogens is 376 g/mol. The Morgan fingerprint density at radius 2 is 1.82 bits per heavy atom. The van der Waals surface area contributed by atoms with Gasteiger partial charge in [0.2, 0.25) is 5.91 Å². The van der Waals surface area contributed by atoms with Crippen LogP contribution in [-0.2, 0) is 19.1 Å². The third-order valence-electron chi connectivity index (χ3n) is 4.39. The highest BCUT2D eigenvalue weighted by Gasteiger charge is 2.25. The second-order valence-electron chi connectivity index (χ2n) is 6.19. The van der Waals surface area contributed by atoms with Crippen LogP contribution in [0.5, 0.6) is 0 Å². The summed E-state index contributed by atoms with van der Waals surface area (Å²) in [5, 5.41) is 0. The highest BCUT2D eigenvalue weighted by molar-refractivity contribution is 8.00. The molecule has 0 aliphatic carbocycles. The Hall–Kier alpha value is -2.80. The average Bonchev–Trinajstić information content (AvgIpc) is 2.73. The number of anilines is 2. The lowest BCUT2D eigenvalue weighted by Crippen LogP contribution is -2.38. The van der Waals surface area contributed by atoms with Crippen molar-refractivity contribution in [3.05, 3.63) is 54.6 Å². The third-order valence-corrected chi connectivity index (χ3v) is 5.44. The van der Waals surface area contributed by atoms with Gasteiger partial charge in [0.05, 0.1) is 17.9 Å². The summed E-state index contributed by atoms with van der Waals surface area (Å²) in [7, 11) is 0. The Balaban J connectivity index is 1.52. The molecular formula is C21H22N2O4S. The van der Waals surface area contributed by atoms with Crippen molar-refractivity contribution in [3.63, 3.8) is 0 Å². The van der Waals surface area contributed by atoms with Crippen LogP contribution in [0.25, 0.3) is 0 Å². The van der Waals surface area contributed by atoms with Gasteiger partial charge in [0, 0.05) is 23.7 Å². The number of thioether (sulfide) groups is 1. The van der Waals surface area contributed by atoms with Gasteiger partial charge in [-0.05, 0) is 31.2 Å². The number of benzene rings is 2. The first kappa shape index (κ1) is 19.9. The van der Waals surface area contributed by atoms with E-state index in [1.54, 1.807) is 9.80 Å². The predicted molar refractivity (Wildman–Crippen MR) is 110 cm³/mol. The third kappa shape index (κ3) is 4.72. The molecule has 28 heavy (non-hydrogen) atoms. The molecule has 2 amide bonds. The molecule has 1 aliphatic rings. The molecule has 6 nitrogen and oxygen atoms in total. The summed E-state index contributed by atoms with van der Waals surface area (Å²) in [6.45, 7) is 2.27. The number of para-hydroxylation sites is 2. The average molecular weight is 398 g/mol. The second kappa shape index (κ2) is 9.41. The van der Waals surface area contributed by atoms with Gasteiger partial charge >= 0.3 is 5.97 Å². The van der Waals surface area contributed by atoms with Crippen LogP contribution in [0.3, 0.4) is 0 Å². The zero-order chi connectivity index (χ0) is 19.9. The normalized spacial score (nSPS) is 13.0. The summed E-state index contributed by atoms with van der Waals surface area (Å²) >= 11 is 1.50. The van der Waals surface area contributed by atoms with Crippen LogP contribution in [0.4, 0.5) is 11.4 Å². The minimum absolute atomic E-state index is 0.0335.